The molecule has 0 atom stereocenters. The summed E-state index contributed by atoms with van der Waals surface area (Å²) in [5.41, 5.74) is 1.32. The number of hydrogen-bond donors (Lipinski definition) is 2. The van der Waals surface area contributed by atoms with Crippen LogP contribution >= 0.6 is 0 Å². The first kappa shape index (κ1) is 17.6. The standard InChI is InChI=1S/C16H17N3O4S2/c1-12-18-15-8-7-14(11-16(15)25(22,23)19-12)24(20,21)17-10-9-13-5-3-2-4-6-13/h2-8,11,17H,9-10H2,1H3,(H,18,19). The molecule has 132 valence electrons. The Morgan fingerprint density at radius 2 is 1.84 bits per heavy atom. The lowest BCUT2D eigenvalue weighted by Gasteiger charge is -2.17. The van der Waals surface area contributed by atoms with E-state index in [0.29, 0.717) is 12.1 Å². The van der Waals surface area contributed by atoms with Gasteiger partial charge in [-0.15, -0.1) is 4.40 Å². The quantitative estimate of drug-likeness (QED) is 0.823. The van der Waals surface area contributed by atoms with Crippen LogP contribution in [0.15, 0.2) is 62.7 Å². The predicted octanol–water partition coefficient (Wildman–Crippen LogP) is 1.74. The van der Waals surface area contributed by atoms with Crippen molar-refractivity contribution < 1.29 is 16.8 Å². The molecule has 0 bridgehead atoms. The number of amidine groups is 1. The fraction of sp³-hybridized carbons (Fsp3) is 0.188. The van der Waals surface area contributed by atoms with Crippen LogP contribution in [0, 0.1) is 0 Å². The second-order valence-corrected chi connectivity index (χ2v) is 8.91. The van der Waals surface area contributed by atoms with E-state index in [1.54, 1.807) is 0 Å². The van der Waals surface area contributed by atoms with Crippen molar-refractivity contribution in [1.82, 2.24) is 4.72 Å². The summed E-state index contributed by atoms with van der Waals surface area (Å²) in [6.45, 7) is 1.74. The monoisotopic (exact) mass is 379 g/mol. The number of rotatable bonds is 5. The Bertz CT molecular complexity index is 1030. The van der Waals surface area contributed by atoms with E-state index in [2.05, 4.69) is 14.4 Å². The Morgan fingerprint density at radius 1 is 1.12 bits per heavy atom. The normalized spacial score (nSPS) is 15.8. The van der Waals surface area contributed by atoms with Crippen LogP contribution in [0.5, 0.6) is 0 Å². The molecule has 2 aromatic rings. The first-order valence-electron chi connectivity index (χ1n) is 7.54. The van der Waals surface area contributed by atoms with Gasteiger partial charge in [-0.25, -0.2) is 13.1 Å². The van der Waals surface area contributed by atoms with Gasteiger partial charge in [0.25, 0.3) is 10.0 Å². The number of benzene rings is 2. The molecule has 0 radical (unpaired) electrons. The van der Waals surface area contributed by atoms with E-state index in [0.717, 1.165) is 11.6 Å². The van der Waals surface area contributed by atoms with Gasteiger partial charge in [-0.05, 0) is 37.1 Å². The van der Waals surface area contributed by atoms with Gasteiger partial charge in [0, 0.05) is 6.54 Å². The smallest absolute Gasteiger partial charge is 0.286 e. The summed E-state index contributed by atoms with van der Waals surface area (Å²) < 4.78 is 55.1. The van der Waals surface area contributed by atoms with Gasteiger partial charge >= 0.3 is 0 Å². The van der Waals surface area contributed by atoms with Crippen molar-refractivity contribution in [2.45, 2.75) is 23.1 Å². The molecule has 0 spiro atoms. The summed E-state index contributed by atoms with van der Waals surface area (Å²) >= 11 is 0. The molecular formula is C16H17N3O4S2. The lowest BCUT2D eigenvalue weighted by molar-refractivity contribution is 0.581. The van der Waals surface area contributed by atoms with E-state index >= 15 is 0 Å². The zero-order chi connectivity index (χ0) is 18.1. The second kappa shape index (κ2) is 6.58. The van der Waals surface area contributed by atoms with E-state index in [4.69, 9.17) is 0 Å². The van der Waals surface area contributed by atoms with Crippen molar-refractivity contribution >= 4 is 31.6 Å². The zero-order valence-electron chi connectivity index (χ0n) is 13.4. The Hall–Kier alpha value is -2.23. The van der Waals surface area contributed by atoms with Crippen LogP contribution in [0.25, 0.3) is 0 Å². The van der Waals surface area contributed by atoms with Crippen LogP contribution in [0.4, 0.5) is 5.69 Å². The molecule has 9 heteroatoms. The van der Waals surface area contributed by atoms with Crippen molar-refractivity contribution in [2.24, 2.45) is 4.40 Å². The summed E-state index contributed by atoms with van der Waals surface area (Å²) in [7, 11) is -7.72. The predicted molar refractivity (Wildman–Crippen MR) is 95.7 cm³/mol. The van der Waals surface area contributed by atoms with Gasteiger partial charge in [-0.2, -0.15) is 8.42 Å². The number of sulfonamides is 2. The average Bonchev–Trinajstić information content (AvgIpc) is 2.54. The summed E-state index contributed by atoms with van der Waals surface area (Å²) in [5, 5.41) is 2.81. The lowest BCUT2D eigenvalue weighted by Crippen LogP contribution is -2.26. The van der Waals surface area contributed by atoms with Gasteiger partial charge in [-0.1, -0.05) is 30.3 Å². The molecule has 3 rings (SSSR count). The minimum atomic E-state index is -3.90. The third kappa shape index (κ3) is 3.89. The molecule has 0 unspecified atom stereocenters. The molecule has 1 aliphatic heterocycles. The van der Waals surface area contributed by atoms with Gasteiger partial charge in [-0.3, -0.25) is 0 Å². The fourth-order valence-corrected chi connectivity index (χ4v) is 4.80. The van der Waals surface area contributed by atoms with Crippen molar-refractivity contribution in [2.75, 3.05) is 11.9 Å². The molecule has 0 saturated carbocycles. The van der Waals surface area contributed by atoms with Gasteiger partial charge in [0.15, 0.2) is 0 Å². The molecular weight excluding hydrogens is 362 g/mol. The number of fused-ring (bicyclic) bond motifs is 1. The minimum absolute atomic E-state index is 0.112. The van der Waals surface area contributed by atoms with Gasteiger partial charge in [0.2, 0.25) is 10.0 Å². The van der Waals surface area contributed by atoms with Crippen molar-refractivity contribution in [3.05, 3.63) is 54.1 Å². The van der Waals surface area contributed by atoms with E-state index in [1.807, 2.05) is 30.3 Å². The van der Waals surface area contributed by atoms with Crippen molar-refractivity contribution in [1.29, 1.82) is 0 Å². The van der Waals surface area contributed by atoms with Gasteiger partial charge in [0.1, 0.15) is 10.7 Å². The van der Waals surface area contributed by atoms with Crippen LogP contribution in [0.2, 0.25) is 0 Å². The van der Waals surface area contributed by atoms with Crippen LogP contribution in [-0.2, 0) is 26.5 Å². The highest BCUT2D eigenvalue weighted by molar-refractivity contribution is 7.91. The SMILES string of the molecule is CC1=NS(=O)(=O)c2cc(S(=O)(=O)NCCc3ccccc3)ccc2N1. The molecule has 0 saturated heterocycles. The maximum absolute atomic E-state index is 12.4. The van der Waals surface area contributed by atoms with Gasteiger partial charge in [0.05, 0.1) is 10.6 Å². The molecule has 2 aromatic carbocycles. The van der Waals surface area contributed by atoms with Crippen molar-refractivity contribution in [3.8, 4) is 0 Å². The molecule has 0 amide bonds. The molecule has 0 aliphatic carbocycles. The molecule has 0 fully saturated rings. The number of nitrogens with one attached hydrogen (secondary N) is 2. The lowest BCUT2D eigenvalue weighted by atomic mass is 10.2. The van der Waals surface area contributed by atoms with E-state index in [9.17, 15) is 16.8 Å². The van der Waals surface area contributed by atoms with Crippen LogP contribution in [0.3, 0.4) is 0 Å². The maximum atomic E-state index is 12.4. The maximum Gasteiger partial charge on any atom is 0.286 e. The summed E-state index contributed by atoms with van der Waals surface area (Å²) in [6, 6.07) is 13.4. The highest BCUT2D eigenvalue weighted by atomic mass is 32.2. The molecule has 1 aliphatic rings. The van der Waals surface area contributed by atoms with Crippen molar-refractivity contribution in [3.63, 3.8) is 0 Å². The molecule has 25 heavy (non-hydrogen) atoms. The second-order valence-electron chi connectivity index (χ2n) is 5.57. The fourth-order valence-electron chi connectivity index (χ4n) is 2.49. The largest absolute Gasteiger partial charge is 0.342 e. The number of anilines is 1. The topological polar surface area (TPSA) is 105 Å². The Balaban J connectivity index is 1.80. The Labute approximate surface area is 146 Å². The first-order chi connectivity index (χ1) is 11.8. The summed E-state index contributed by atoms with van der Waals surface area (Å²) in [4.78, 5) is -0.261. The van der Waals surface area contributed by atoms with Crippen LogP contribution in [0.1, 0.15) is 12.5 Å². The van der Waals surface area contributed by atoms with Crippen LogP contribution in [-0.4, -0.2) is 29.2 Å². The van der Waals surface area contributed by atoms with E-state index < -0.39 is 20.0 Å². The molecule has 0 aromatic heterocycles. The van der Waals surface area contributed by atoms with E-state index in [1.165, 1.54) is 19.1 Å². The minimum Gasteiger partial charge on any atom is -0.342 e. The number of hydrogen-bond acceptors (Lipinski definition) is 5. The van der Waals surface area contributed by atoms with Gasteiger partial charge < -0.3 is 5.32 Å². The highest BCUT2D eigenvalue weighted by Gasteiger charge is 2.26. The average molecular weight is 379 g/mol. The number of nitrogens with zero attached hydrogens (tertiary/aromatic N) is 1. The first-order valence-corrected chi connectivity index (χ1v) is 10.5. The Morgan fingerprint density at radius 3 is 2.56 bits per heavy atom. The third-order valence-electron chi connectivity index (χ3n) is 3.66. The Kier molecular flexibility index (Phi) is 4.63. The molecule has 1 heterocycles. The zero-order valence-corrected chi connectivity index (χ0v) is 15.1. The van der Waals surface area contributed by atoms with Crippen LogP contribution < -0.4 is 10.0 Å². The third-order valence-corrected chi connectivity index (χ3v) is 6.53. The highest BCUT2D eigenvalue weighted by Crippen LogP contribution is 2.29. The summed E-state index contributed by atoms with van der Waals surface area (Å²) in [6.07, 6.45) is 0.536. The molecule has 7 nitrogen and oxygen atoms in total. The molecule has 2 N–H and O–H groups in total. The van der Waals surface area contributed by atoms with E-state index in [-0.39, 0.29) is 22.2 Å². The summed E-state index contributed by atoms with van der Waals surface area (Å²) in [5.74, 6) is 0.240.